The SMILES string of the molecule is Cc1cc(C)cc(N(CCCC(=O)N[C@@H](c2ccccc2)c2ccccc2C)S(C)(=O)=O)c1. The Bertz CT molecular complexity index is 1190. The van der Waals surface area contributed by atoms with Crippen LogP contribution in [0.4, 0.5) is 5.69 Å². The topological polar surface area (TPSA) is 66.5 Å². The molecule has 174 valence electrons. The maximum absolute atomic E-state index is 12.9. The van der Waals surface area contributed by atoms with Crippen molar-refractivity contribution in [2.24, 2.45) is 0 Å². The fraction of sp³-hybridized carbons (Fsp3) is 0.296. The molecule has 0 spiro atoms. The Morgan fingerprint density at radius 3 is 2.12 bits per heavy atom. The molecule has 0 aliphatic carbocycles. The highest BCUT2D eigenvalue weighted by Crippen LogP contribution is 2.25. The molecule has 0 fully saturated rings. The van der Waals surface area contributed by atoms with Gasteiger partial charge in [-0.2, -0.15) is 0 Å². The number of carbonyl (C=O) groups is 1. The van der Waals surface area contributed by atoms with E-state index in [4.69, 9.17) is 0 Å². The van der Waals surface area contributed by atoms with E-state index in [9.17, 15) is 13.2 Å². The minimum Gasteiger partial charge on any atom is -0.345 e. The zero-order valence-electron chi connectivity index (χ0n) is 19.7. The van der Waals surface area contributed by atoms with E-state index in [0.717, 1.165) is 27.8 Å². The van der Waals surface area contributed by atoms with Crippen LogP contribution in [0.2, 0.25) is 0 Å². The van der Waals surface area contributed by atoms with Crippen LogP contribution in [-0.2, 0) is 14.8 Å². The molecule has 0 saturated carbocycles. The van der Waals surface area contributed by atoms with Crippen molar-refractivity contribution in [2.45, 2.75) is 39.7 Å². The molecule has 6 heteroatoms. The lowest BCUT2D eigenvalue weighted by Crippen LogP contribution is -2.33. The van der Waals surface area contributed by atoms with Gasteiger partial charge >= 0.3 is 0 Å². The van der Waals surface area contributed by atoms with E-state index in [0.29, 0.717) is 12.1 Å². The monoisotopic (exact) mass is 464 g/mol. The zero-order chi connectivity index (χ0) is 24.0. The van der Waals surface area contributed by atoms with Gasteiger partial charge in [-0.25, -0.2) is 8.42 Å². The minimum absolute atomic E-state index is 0.110. The van der Waals surface area contributed by atoms with Gasteiger partial charge in [0.05, 0.1) is 18.0 Å². The summed E-state index contributed by atoms with van der Waals surface area (Å²) >= 11 is 0. The predicted molar refractivity (Wildman–Crippen MR) is 135 cm³/mol. The second-order valence-electron chi connectivity index (χ2n) is 8.55. The van der Waals surface area contributed by atoms with Gasteiger partial charge in [0.1, 0.15) is 0 Å². The molecule has 0 unspecified atom stereocenters. The number of sulfonamides is 1. The van der Waals surface area contributed by atoms with Gasteiger partial charge in [0.2, 0.25) is 15.9 Å². The number of amides is 1. The Labute approximate surface area is 197 Å². The summed E-state index contributed by atoms with van der Waals surface area (Å²) in [6.07, 6.45) is 1.85. The second-order valence-corrected chi connectivity index (χ2v) is 10.5. The van der Waals surface area contributed by atoms with E-state index in [1.54, 1.807) is 0 Å². The Balaban J connectivity index is 1.72. The van der Waals surface area contributed by atoms with Gasteiger partial charge < -0.3 is 5.32 Å². The van der Waals surface area contributed by atoms with Crippen LogP contribution in [-0.4, -0.2) is 27.1 Å². The summed E-state index contributed by atoms with van der Waals surface area (Å²) in [7, 11) is -3.46. The lowest BCUT2D eigenvalue weighted by atomic mass is 9.95. The molecule has 0 radical (unpaired) electrons. The highest BCUT2D eigenvalue weighted by atomic mass is 32.2. The van der Waals surface area contributed by atoms with E-state index in [-0.39, 0.29) is 24.9 Å². The first-order chi connectivity index (χ1) is 15.6. The Morgan fingerprint density at radius 2 is 1.52 bits per heavy atom. The minimum atomic E-state index is -3.46. The van der Waals surface area contributed by atoms with Crippen LogP contribution in [0.15, 0.2) is 72.8 Å². The Morgan fingerprint density at radius 1 is 0.909 bits per heavy atom. The molecule has 0 bridgehead atoms. The first-order valence-corrected chi connectivity index (χ1v) is 13.0. The third kappa shape index (κ3) is 6.68. The first kappa shape index (κ1) is 24.5. The summed E-state index contributed by atoms with van der Waals surface area (Å²) in [6.45, 7) is 6.17. The van der Waals surface area contributed by atoms with Gasteiger partial charge in [0.15, 0.2) is 0 Å². The third-order valence-electron chi connectivity index (χ3n) is 5.60. The van der Waals surface area contributed by atoms with Crippen molar-refractivity contribution in [1.82, 2.24) is 5.32 Å². The second kappa shape index (κ2) is 10.7. The number of nitrogens with zero attached hydrogens (tertiary/aromatic N) is 1. The highest BCUT2D eigenvalue weighted by Gasteiger charge is 2.21. The van der Waals surface area contributed by atoms with Crippen molar-refractivity contribution in [2.75, 3.05) is 17.1 Å². The molecule has 0 aliphatic rings. The molecule has 1 amide bonds. The van der Waals surface area contributed by atoms with Crippen LogP contribution in [0.1, 0.15) is 46.7 Å². The van der Waals surface area contributed by atoms with Crippen molar-refractivity contribution < 1.29 is 13.2 Å². The number of nitrogens with one attached hydrogen (secondary N) is 1. The average Bonchev–Trinajstić information content (AvgIpc) is 2.74. The van der Waals surface area contributed by atoms with Crippen LogP contribution >= 0.6 is 0 Å². The molecule has 0 saturated heterocycles. The lowest BCUT2D eigenvalue weighted by molar-refractivity contribution is -0.121. The highest BCUT2D eigenvalue weighted by molar-refractivity contribution is 7.92. The smallest absolute Gasteiger partial charge is 0.232 e. The largest absolute Gasteiger partial charge is 0.345 e. The molecule has 5 nitrogen and oxygen atoms in total. The molecular weight excluding hydrogens is 432 g/mol. The van der Waals surface area contributed by atoms with Gasteiger partial charge in [-0.1, -0.05) is 60.7 Å². The molecule has 3 aromatic carbocycles. The van der Waals surface area contributed by atoms with Gasteiger partial charge in [0, 0.05) is 13.0 Å². The van der Waals surface area contributed by atoms with Crippen LogP contribution < -0.4 is 9.62 Å². The molecule has 33 heavy (non-hydrogen) atoms. The van der Waals surface area contributed by atoms with Crippen molar-refractivity contribution in [1.29, 1.82) is 0 Å². The van der Waals surface area contributed by atoms with Crippen molar-refractivity contribution in [3.63, 3.8) is 0 Å². The van der Waals surface area contributed by atoms with Crippen LogP contribution in [0.3, 0.4) is 0 Å². The number of benzene rings is 3. The summed E-state index contributed by atoms with van der Waals surface area (Å²) in [5, 5.41) is 3.15. The molecule has 0 aliphatic heterocycles. The average molecular weight is 465 g/mol. The summed E-state index contributed by atoms with van der Waals surface area (Å²) in [5.74, 6) is -0.110. The van der Waals surface area contributed by atoms with E-state index in [1.165, 1.54) is 10.6 Å². The normalized spacial score (nSPS) is 12.2. The molecule has 0 aromatic heterocycles. The van der Waals surface area contributed by atoms with Crippen LogP contribution in [0, 0.1) is 20.8 Å². The molecule has 0 heterocycles. The Hall–Kier alpha value is -3.12. The van der Waals surface area contributed by atoms with Crippen molar-refractivity contribution in [3.8, 4) is 0 Å². The Kier molecular flexibility index (Phi) is 7.92. The standard InChI is InChI=1S/C27H32N2O3S/c1-20-17-21(2)19-24(18-20)29(33(4,31)32)16-10-15-26(30)28-27(23-12-6-5-7-13-23)25-14-9-8-11-22(25)3/h5-9,11-14,17-19,27H,10,15-16H2,1-4H3,(H,28,30)/t27-/m0/s1. The quantitative estimate of drug-likeness (QED) is 0.481. The number of hydrogen-bond acceptors (Lipinski definition) is 3. The summed E-state index contributed by atoms with van der Waals surface area (Å²) in [5.41, 5.74) is 5.79. The molecular formula is C27H32N2O3S. The number of hydrogen-bond donors (Lipinski definition) is 1. The van der Waals surface area contributed by atoms with Gasteiger partial charge in [0.25, 0.3) is 0 Å². The van der Waals surface area contributed by atoms with E-state index in [1.807, 2.05) is 93.6 Å². The first-order valence-electron chi connectivity index (χ1n) is 11.1. The van der Waals surface area contributed by atoms with Gasteiger partial charge in [-0.15, -0.1) is 0 Å². The molecule has 3 rings (SSSR count). The molecule has 1 atom stereocenters. The molecule has 1 N–H and O–H groups in total. The maximum Gasteiger partial charge on any atom is 0.232 e. The summed E-state index contributed by atoms with van der Waals surface area (Å²) in [6, 6.07) is 23.4. The number of anilines is 1. The summed E-state index contributed by atoms with van der Waals surface area (Å²) < 4.78 is 26.3. The maximum atomic E-state index is 12.9. The van der Waals surface area contributed by atoms with E-state index >= 15 is 0 Å². The lowest BCUT2D eigenvalue weighted by Gasteiger charge is -2.24. The molecule has 3 aromatic rings. The van der Waals surface area contributed by atoms with Crippen LogP contribution in [0.5, 0.6) is 0 Å². The van der Waals surface area contributed by atoms with Crippen LogP contribution in [0.25, 0.3) is 0 Å². The number of carbonyl (C=O) groups excluding carboxylic acids is 1. The van der Waals surface area contributed by atoms with Crippen molar-refractivity contribution in [3.05, 3.63) is 101 Å². The van der Waals surface area contributed by atoms with Gasteiger partial charge in [-0.05, 0) is 67.1 Å². The van der Waals surface area contributed by atoms with E-state index in [2.05, 4.69) is 5.32 Å². The van der Waals surface area contributed by atoms with Crippen molar-refractivity contribution >= 4 is 21.6 Å². The number of rotatable bonds is 9. The van der Waals surface area contributed by atoms with Gasteiger partial charge in [-0.3, -0.25) is 9.10 Å². The zero-order valence-corrected chi connectivity index (χ0v) is 20.5. The fourth-order valence-electron chi connectivity index (χ4n) is 4.09. The number of aryl methyl sites for hydroxylation is 3. The van der Waals surface area contributed by atoms with E-state index < -0.39 is 10.0 Å². The predicted octanol–water partition coefficient (Wildman–Crippen LogP) is 5.06. The summed E-state index contributed by atoms with van der Waals surface area (Å²) in [4.78, 5) is 12.9. The third-order valence-corrected chi connectivity index (χ3v) is 6.79. The fourth-order valence-corrected chi connectivity index (χ4v) is 5.04.